The van der Waals surface area contributed by atoms with Crippen LogP contribution in [0.5, 0.6) is 0 Å². The van der Waals surface area contributed by atoms with Crippen molar-refractivity contribution in [3.05, 3.63) is 59.8 Å². The third-order valence-corrected chi connectivity index (χ3v) is 6.48. The lowest BCUT2D eigenvalue weighted by molar-refractivity contribution is -0.127. The number of nitrogens with zero attached hydrogens (tertiary/aromatic N) is 3. The molecule has 7 heteroatoms. The number of benzene rings is 1. The van der Waals surface area contributed by atoms with Crippen LogP contribution >= 0.6 is 0 Å². The van der Waals surface area contributed by atoms with E-state index in [9.17, 15) is 13.2 Å². The van der Waals surface area contributed by atoms with Gasteiger partial charge in [-0.1, -0.05) is 30.3 Å². The van der Waals surface area contributed by atoms with E-state index in [0.29, 0.717) is 23.9 Å². The summed E-state index contributed by atoms with van der Waals surface area (Å²) in [5, 5.41) is 0. The van der Waals surface area contributed by atoms with Gasteiger partial charge < -0.3 is 9.80 Å². The van der Waals surface area contributed by atoms with E-state index in [2.05, 4.69) is 23.5 Å². The minimum Gasteiger partial charge on any atom is -0.335 e. The molecule has 0 radical (unpaired) electrons. The summed E-state index contributed by atoms with van der Waals surface area (Å²) in [6, 6.07) is 10.4. The van der Waals surface area contributed by atoms with Crippen molar-refractivity contribution in [2.75, 3.05) is 18.8 Å². The summed E-state index contributed by atoms with van der Waals surface area (Å²) >= 11 is 0. The fourth-order valence-electron chi connectivity index (χ4n) is 3.87. The van der Waals surface area contributed by atoms with E-state index >= 15 is 0 Å². The van der Waals surface area contributed by atoms with E-state index in [4.69, 9.17) is 0 Å². The van der Waals surface area contributed by atoms with Crippen molar-refractivity contribution in [1.82, 2.24) is 9.80 Å². The summed E-state index contributed by atoms with van der Waals surface area (Å²) in [4.78, 5) is 16.7. The van der Waals surface area contributed by atoms with Crippen LogP contribution in [0.2, 0.25) is 0 Å². The molecule has 0 N–H and O–H groups in total. The topological polar surface area (TPSA) is 70.1 Å². The van der Waals surface area contributed by atoms with E-state index < -0.39 is 10.0 Å². The maximum Gasteiger partial charge on any atom is 0.256 e. The minimum atomic E-state index is -3.38. The van der Waals surface area contributed by atoms with Gasteiger partial charge in [-0.05, 0) is 31.1 Å². The van der Waals surface area contributed by atoms with E-state index in [0.717, 1.165) is 13.0 Å². The number of carbonyl (C=O) groups excluding carboxylic acids is 1. The van der Waals surface area contributed by atoms with Gasteiger partial charge in [0.05, 0.1) is 11.3 Å². The van der Waals surface area contributed by atoms with Crippen molar-refractivity contribution in [3.63, 3.8) is 0 Å². The molecule has 0 bridgehead atoms. The van der Waals surface area contributed by atoms with Crippen molar-refractivity contribution in [1.29, 1.82) is 0 Å². The Morgan fingerprint density at radius 1 is 1.15 bits per heavy atom. The second-order valence-corrected chi connectivity index (χ2v) is 8.65. The highest BCUT2D eigenvalue weighted by Gasteiger charge is 2.36. The molecule has 0 aromatic heterocycles. The third-order valence-electron chi connectivity index (χ3n) is 5.31. The van der Waals surface area contributed by atoms with Gasteiger partial charge in [0, 0.05) is 31.2 Å². The standard InChI is InChI=1S/C19H21N3O3S/c1-14-17(15-5-3-2-4-6-15)9-10-22(14)19(23)16-7-8-18-20-26(24,25)12-11-21(18)13-16/h2-8,13-14,17H,9-12H2,1H3/t14-,17-/m0/s1. The first-order valence-corrected chi connectivity index (χ1v) is 10.4. The number of carbonyl (C=O) groups is 1. The zero-order valence-electron chi connectivity index (χ0n) is 14.6. The molecule has 3 aliphatic heterocycles. The van der Waals surface area contributed by atoms with Gasteiger partial charge >= 0.3 is 0 Å². The number of amides is 1. The van der Waals surface area contributed by atoms with Gasteiger partial charge in [-0.25, -0.2) is 8.42 Å². The van der Waals surface area contributed by atoms with Gasteiger partial charge in [-0.15, -0.1) is 4.40 Å². The molecule has 0 aliphatic carbocycles. The number of hydrogen-bond acceptors (Lipinski definition) is 4. The van der Waals surface area contributed by atoms with Gasteiger partial charge in [0.1, 0.15) is 5.84 Å². The Morgan fingerprint density at radius 2 is 1.92 bits per heavy atom. The first-order valence-electron chi connectivity index (χ1n) is 8.80. The van der Waals surface area contributed by atoms with Crippen LogP contribution in [0.25, 0.3) is 0 Å². The molecule has 1 aromatic rings. The zero-order chi connectivity index (χ0) is 18.3. The summed E-state index contributed by atoms with van der Waals surface area (Å²) < 4.78 is 27.0. The zero-order valence-corrected chi connectivity index (χ0v) is 15.4. The second kappa shape index (κ2) is 6.39. The number of likely N-dealkylation sites (tertiary alicyclic amines) is 1. The summed E-state index contributed by atoms with van der Waals surface area (Å²) in [6.45, 7) is 3.14. The Kier molecular flexibility index (Phi) is 4.19. The van der Waals surface area contributed by atoms with Gasteiger partial charge in [0.25, 0.3) is 15.9 Å². The van der Waals surface area contributed by atoms with Crippen LogP contribution in [-0.4, -0.2) is 54.8 Å². The summed E-state index contributed by atoms with van der Waals surface area (Å²) in [6.07, 6.45) is 5.95. The van der Waals surface area contributed by atoms with Crippen LogP contribution in [-0.2, 0) is 14.8 Å². The largest absolute Gasteiger partial charge is 0.335 e. The number of sulfonamides is 1. The molecule has 26 heavy (non-hydrogen) atoms. The molecular weight excluding hydrogens is 350 g/mol. The van der Waals surface area contributed by atoms with Gasteiger partial charge in [0.15, 0.2) is 0 Å². The van der Waals surface area contributed by atoms with E-state index in [1.165, 1.54) is 5.56 Å². The smallest absolute Gasteiger partial charge is 0.256 e. The molecule has 1 fully saturated rings. The average molecular weight is 371 g/mol. The molecule has 2 atom stereocenters. The molecule has 136 valence electrons. The minimum absolute atomic E-state index is 0.0142. The van der Waals surface area contributed by atoms with Crippen molar-refractivity contribution in [2.45, 2.75) is 25.3 Å². The maximum atomic E-state index is 13.0. The van der Waals surface area contributed by atoms with Crippen LogP contribution in [0, 0.1) is 0 Å². The highest BCUT2D eigenvalue weighted by molar-refractivity contribution is 7.90. The highest BCUT2D eigenvalue weighted by Crippen LogP contribution is 2.34. The molecule has 1 aromatic carbocycles. The molecule has 0 unspecified atom stereocenters. The van der Waals surface area contributed by atoms with Gasteiger partial charge in [0.2, 0.25) is 0 Å². The van der Waals surface area contributed by atoms with E-state index in [-0.39, 0.29) is 17.7 Å². The highest BCUT2D eigenvalue weighted by atomic mass is 32.2. The number of rotatable bonds is 2. The number of amidine groups is 1. The van der Waals surface area contributed by atoms with Crippen molar-refractivity contribution in [3.8, 4) is 0 Å². The molecule has 3 heterocycles. The summed E-state index contributed by atoms with van der Waals surface area (Å²) in [5.41, 5.74) is 1.84. The summed E-state index contributed by atoms with van der Waals surface area (Å²) in [5.74, 6) is 0.674. The predicted octanol–water partition coefficient (Wildman–Crippen LogP) is 1.89. The molecule has 1 saturated heterocycles. The summed E-state index contributed by atoms with van der Waals surface area (Å²) in [7, 11) is -3.38. The molecule has 0 spiro atoms. The maximum absolute atomic E-state index is 13.0. The second-order valence-electron chi connectivity index (χ2n) is 6.89. The molecular formula is C19H21N3O3S. The van der Waals surface area contributed by atoms with E-state index in [1.54, 1.807) is 23.3 Å². The lowest BCUT2D eigenvalue weighted by Gasteiger charge is -2.30. The predicted molar refractivity (Wildman–Crippen MR) is 100 cm³/mol. The van der Waals surface area contributed by atoms with Gasteiger partial charge in [-0.2, -0.15) is 0 Å². The Balaban J connectivity index is 1.53. The molecule has 4 rings (SSSR count). The molecule has 1 amide bonds. The number of fused-ring (bicyclic) bond motifs is 1. The van der Waals surface area contributed by atoms with Crippen molar-refractivity contribution < 1.29 is 13.2 Å². The quantitative estimate of drug-likeness (QED) is 0.796. The van der Waals surface area contributed by atoms with Crippen LogP contribution in [0.4, 0.5) is 0 Å². The van der Waals surface area contributed by atoms with Crippen molar-refractivity contribution in [2.24, 2.45) is 4.40 Å². The first-order chi connectivity index (χ1) is 12.4. The number of hydrogen-bond donors (Lipinski definition) is 0. The van der Waals surface area contributed by atoms with Crippen LogP contribution in [0.1, 0.15) is 24.8 Å². The average Bonchev–Trinajstić information content (AvgIpc) is 3.02. The Labute approximate surface area is 153 Å². The van der Waals surface area contributed by atoms with Crippen LogP contribution in [0.15, 0.2) is 58.7 Å². The van der Waals surface area contributed by atoms with Crippen molar-refractivity contribution >= 4 is 21.8 Å². The molecule has 6 nitrogen and oxygen atoms in total. The van der Waals surface area contributed by atoms with Crippen LogP contribution < -0.4 is 0 Å². The fraction of sp³-hybridized carbons (Fsp3) is 0.368. The fourth-order valence-corrected chi connectivity index (χ4v) is 4.83. The SMILES string of the molecule is C[C@H]1[C@@H](c2ccccc2)CCN1C(=O)C1=CN2CCS(=O)(=O)N=C2C=C1. The molecule has 0 saturated carbocycles. The Bertz CT molecular complexity index is 919. The normalized spacial score (nSPS) is 27.0. The van der Waals surface area contributed by atoms with Crippen LogP contribution in [0.3, 0.4) is 0 Å². The van der Waals surface area contributed by atoms with E-state index in [1.807, 2.05) is 23.1 Å². The Hall–Kier alpha value is -2.41. The van der Waals surface area contributed by atoms with Gasteiger partial charge in [-0.3, -0.25) is 4.79 Å². The third kappa shape index (κ3) is 3.07. The first kappa shape index (κ1) is 17.0. The lowest BCUT2D eigenvalue weighted by atomic mass is 9.93. The monoisotopic (exact) mass is 371 g/mol. The molecule has 3 aliphatic rings. The Morgan fingerprint density at radius 3 is 2.69 bits per heavy atom. The lowest BCUT2D eigenvalue weighted by Crippen LogP contribution is -2.40.